The molecule has 27 heavy (non-hydrogen) atoms. The summed E-state index contributed by atoms with van der Waals surface area (Å²) in [7, 11) is 1.64. The van der Waals surface area contributed by atoms with E-state index in [4.69, 9.17) is 4.74 Å². The van der Waals surface area contributed by atoms with Crippen molar-refractivity contribution >= 4 is 11.8 Å². The van der Waals surface area contributed by atoms with Crippen molar-refractivity contribution in [1.82, 2.24) is 14.8 Å². The number of amides is 2. The van der Waals surface area contributed by atoms with Crippen LogP contribution in [0.5, 0.6) is 5.75 Å². The van der Waals surface area contributed by atoms with E-state index in [9.17, 15) is 9.59 Å². The third kappa shape index (κ3) is 4.15. The highest BCUT2D eigenvalue weighted by atomic mass is 16.5. The number of nitrogens with one attached hydrogen (secondary N) is 1. The van der Waals surface area contributed by atoms with Gasteiger partial charge >= 0.3 is 0 Å². The van der Waals surface area contributed by atoms with Crippen LogP contribution < -0.4 is 10.1 Å². The van der Waals surface area contributed by atoms with Gasteiger partial charge in [-0.1, -0.05) is 0 Å². The molecule has 6 nitrogen and oxygen atoms in total. The number of aromatic nitrogens is 1. The van der Waals surface area contributed by atoms with Crippen LogP contribution in [-0.2, 0) is 4.79 Å². The molecule has 1 aliphatic rings. The molecule has 2 heterocycles. The van der Waals surface area contributed by atoms with Gasteiger partial charge in [-0.05, 0) is 57.0 Å². The van der Waals surface area contributed by atoms with Crippen LogP contribution in [0.2, 0.25) is 0 Å². The van der Waals surface area contributed by atoms with Crippen LogP contribution in [0.25, 0.3) is 5.69 Å². The summed E-state index contributed by atoms with van der Waals surface area (Å²) in [5.74, 6) is 0.774. The second-order valence-corrected chi connectivity index (χ2v) is 6.91. The molecule has 3 rings (SSSR count). The Morgan fingerprint density at radius 2 is 1.78 bits per heavy atom. The summed E-state index contributed by atoms with van der Waals surface area (Å²) in [4.78, 5) is 26.6. The number of likely N-dealkylation sites (tertiary alicyclic amines) is 1. The lowest BCUT2D eigenvalue weighted by atomic mass is 10.2. The zero-order valence-corrected chi connectivity index (χ0v) is 16.2. The number of rotatable bonds is 6. The molecule has 0 saturated carbocycles. The zero-order valence-electron chi connectivity index (χ0n) is 16.2. The predicted molar refractivity (Wildman–Crippen MR) is 105 cm³/mol. The smallest absolute Gasteiger partial charge is 0.253 e. The van der Waals surface area contributed by atoms with Gasteiger partial charge in [0.1, 0.15) is 5.75 Å². The number of hydrogen-bond donors (Lipinski definition) is 1. The maximum atomic E-state index is 12.6. The average molecular weight is 369 g/mol. The van der Waals surface area contributed by atoms with E-state index >= 15 is 0 Å². The summed E-state index contributed by atoms with van der Waals surface area (Å²) in [6, 6.07) is 9.62. The lowest BCUT2D eigenvalue weighted by Gasteiger charge is -2.15. The largest absolute Gasteiger partial charge is 0.497 e. The number of carbonyl (C=O) groups is 2. The molecule has 1 aromatic heterocycles. The van der Waals surface area contributed by atoms with Gasteiger partial charge in [-0.25, -0.2) is 0 Å². The number of methoxy groups -OCH3 is 1. The molecular formula is C21H27N3O3. The fraction of sp³-hybridized carbons (Fsp3) is 0.429. The van der Waals surface area contributed by atoms with Gasteiger partial charge in [0, 0.05) is 43.1 Å². The highest BCUT2D eigenvalue weighted by Gasteiger charge is 2.19. The topological polar surface area (TPSA) is 63.6 Å². The van der Waals surface area contributed by atoms with Crippen molar-refractivity contribution in [2.75, 3.05) is 26.7 Å². The Morgan fingerprint density at radius 3 is 2.41 bits per heavy atom. The summed E-state index contributed by atoms with van der Waals surface area (Å²) >= 11 is 0. The van der Waals surface area contributed by atoms with Gasteiger partial charge in [-0.3, -0.25) is 9.59 Å². The zero-order chi connectivity index (χ0) is 19.4. The second kappa shape index (κ2) is 8.29. The lowest BCUT2D eigenvalue weighted by molar-refractivity contribution is -0.129. The molecule has 1 aromatic carbocycles. The van der Waals surface area contributed by atoms with Crippen LogP contribution in [0, 0.1) is 13.8 Å². The van der Waals surface area contributed by atoms with E-state index in [1.807, 2.05) is 53.6 Å². The van der Waals surface area contributed by atoms with Crippen molar-refractivity contribution in [1.29, 1.82) is 0 Å². The fourth-order valence-electron chi connectivity index (χ4n) is 3.62. The lowest BCUT2D eigenvalue weighted by Crippen LogP contribution is -2.32. The Hall–Kier alpha value is -2.76. The van der Waals surface area contributed by atoms with Crippen LogP contribution in [0.4, 0.5) is 0 Å². The Bertz CT molecular complexity index is 818. The van der Waals surface area contributed by atoms with Gasteiger partial charge in [0.05, 0.1) is 12.7 Å². The minimum Gasteiger partial charge on any atom is -0.497 e. The highest BCUT2D eigenvalue weighted by Crippen LogP contribution is 2.22. The molecule has 6 heteroatoms. The first-order valence-electron chi connectivity index (χ1n) is 9.40. The number of nitrogens with zero attached hydrogens (tertiary/aromatic N) is 2. The SMILES string of the molecule is COc1ccc(-n2c(C)cc(C(=O)NCCC(=O)N3CCCC3)c2C)cc1. The van der Waals surface area contributed by atoms with Gasteiger partial charge in [-0.15, -0.1) is 0 Å². The third-order valence-electron chi connectivity index (χ3n) is 5.09. The van der Waals surface area contributed by atoms with Crippen molar-refractivity contribution in [3.63, 3.8) is 0 Å². The van der Waals surface area contributed by atoms with Crippen molar-refractivity contribution < 1.29 is 14.3 Å². The molecule has 0 unspecified atom stereocenters. The third-order valence-corrected chi connectivity index (χ3v) is 5.09. The van der Waals surface area contributed by atoms with E-state index in [1.54, 1.807) is 7.11 Å². The maximum absolute atomic E-state index is 12.6. The van der Waals surface area contributed by atoms with E-state index < -0.39 is 0 Å². The molecule has 1 fully saturated rings. The number of ether oxygens (including phenoxy) is 1. The summed E-state index contributed by atoms with van der Waals surface area (Å²) in [6.45, 7) is 5.96. The van der Waals surface area contributed by atoms with Crippen LogP contribution in [-0.4, -0.2) is 48.0 Å². The van der Waals surface area contributed by atoms with Crippen LogP contribution >= 0.6 is 0 Å². The van der Waals surface area contributed by atoms with E-state index in [1.165, 1.54) is 0 Å². The van der Waals surface area contributed by atoms with Crippen LogP contribution in [0.1, 0.15) is 41.0 Å². The summed E-state index contributed by atoms with van der Waals surface area (Å²) in [5, 5.41) is 2.88. The molecule has 1 N–H and O–H groups in total. The molecule has 0 radical (unpaired) electrons. The molecule has 0 spiro atoms. The normalized spacial score (nSPS) is 13.7. The van der Waals surface area contributed by atoms with Gasteiger partial charge in [0.15, 0.2) is 0 Å². The standard InChI is InChI=1S/C21H27N3O3/c1-15-14-19(16(2)24(15)17-6-8-18(27-3)9-7-17)21(26)22-11-10-20(25)23-12-4-5-13-23/h6-9,14H,4-5,10-13H2,1-3H3,(H,22,26). The van der Waals surface area contributed by atoms with Crippen molar-refractivity contribution in [3.8, 4) is 11.4 Å². The number of hydrogen-bond acceptors (Lipinski definition) is 3. The quantitative estimate of drug-likeness (QED) is 0.852. The van der Waals surface area contributed by atoms with Gasteiger partial charge < -0.3 is 19.5 Å². The minimum absolute atomic E-state index is 0.122. The summed E-state index contributed by atoms with van der Waals surface area (Å²) in [6.07, 6.45) is 2.51. The average Bonchev–Trinajstić information content (AvgIpc) is 3.30. The highest BCUT2D eigenvalue weighted by molar-refractivity contribution is 5.96. The van der Waals surface area contributed by atoms with Gasteiger partial charge in [-0.2, -0.15) is 0 Å². The Labute approximate surface area is 160 Å². The molecule has 2 amide bonds. The summed E-state index contributed by atoms with van der Waals surface area (Å²) < 4.78 is 7.25. The van der Waals surface area contributed by atoms with Gasteiger partial charge in [0.25, 0.3) is 5.91 Å². The molecule has 1 saturated heterocycles. The molecular weight excluding hydrogens is 342 g/mol. The minimum atomic E-state index is -0.142. The number of benzene rings is 1. The first kappa shape index (κ1) is 19.0. The van der Waals surface area contributed by atoms with Crippen molar-refractivity contribution in [3.05, 3.63) is 47.3 Å². The van der Waals surface area contributed by atoms with Crippen LogP contribution in [0.15, 0.2) is 30.3 Å². The molecule has 0 atom stereocenters. The molecule has 0 aliphatic carbocycles. The van der Waals surface area contributed by atoms with Crippen molar-refractivity contribution in [2.45, 2.75) is 33.1 Å². The van der Waals surface area contributed by atoms with E-state index in [0.717, 1.165) is 48.8 Å². The monoisotopic (exact) mass is 369 g/mol. The second-order valence-electron chi connectivity index (χ2n) is 6.91. The first-order valence-corrected chi connectivity index (χ1v) is 9.40. The van der Waals surface area contributed by atoms with E-state index in [2.05, 4.69) is 5.32 Å². The molecule has 0 bridgehead atoms. The van der Waals surface area contributed by atoms with Crippen LogP contribution in [0.3, 0.4) is 0 Å². The predicted octanol–water partition coefficient (Wildman–Crippen LogP) is 2.85. The summed E-state index contributed by atoms with van der Waals surface area (Å²) in [5.41, 5.74) is 3.47. The Balaban J connectivity index is 1.65. The molecule has 2 aromatic rings. The molecule has 144 valence electrons. The number of carbonyl (C=O) groups excluding carboxylic acids is 2. The van der Waals surface area contributed by atoms with E-state index in [-0.39, 0.29) is 11.8 Å². The van der Waals surface area contributed by atoms with Gasteiger partial charge in [0.2, 0.25) is 5.91 Å². The molecule has 1 aliphatic heterocycles. The van der Waals surface area contributed by atoms with E-state index in [0.29, 0.717) is 18.5 Å². The Kier molecular flexibility index (Phi) is 5.84. The fourth-order valence-corrected chi connectivity index (χ4v) is 3.62. The first-order chi connectivity index (χ1) is 13.0. The Morgan fingerprint density at radius 1 is 1.11 bits per heavy atom. The number of aryl methyl sites for hydroxylation is 1. The van der Waals surface area contributed by atoms with Crippen molar-refractivity contribution in [2.24, 2.45) is 0 Å². The maximum Gasteiger partial charge on any atom is 0.253 e.